The zero-order valence-corrected chi connectivity index (χ0v) is 24.7. The van der Waals surface area contributed by atoms with Gasteiger partial charge in [-0.2, -0.15) is 0 Å². The monoisotopic (exact) mass is 550 g/mol. The lowest BCUT2D eigenvalue weighted by molar-refractivity contribution is -0.140. The summed E-state index contributed by atoms with van der Waals surface area (Å²) >= 11 is 0. The number of likely N-dealkylation sites (tertiary alicyclic amines) is 1. The summed E-state index contributed by atoms with van der Waals surface area (Å²) < 4.78 is 11.6. The second kappa shape index (κ2) is 16.1. The van der Waals surface area contributed by atoms with Crippen LogP contribution in [0.4, 0.5) is 0 Å². The quantitative estimate of drug-likeness (QED) is 0.104. The number of aliphatic hydroxyl groups is 1. The average molecular weight is 551 g/mol. The minimum Gasteiger partial charge on any atom is -0.507 e. The Kier molecular flexibility index (Phi) is 12.5. The fourth-order valence-corrected chi connectivity index (χ4v) is 4.95. The van der Waals surface area contributed by atoms with Gasteiger partial charge in [-0.25, -0.2) is 0 Å². The van der Waals surface area contributed by atoms with E-state index in [4.69, 9.17) is 9.47 Å². The second-order valence-corrected chi connectivity index (χ2v) is 10.2. The first kappa shape index (κ1) is 31.2. The van der Waals surface area contributed by atoms with E-state index in [1.807, 2.05) is 24.3 Å². The van der Waals surface area contributed by atoms with Crippen LogP contribution in [0.15, 0.2) is 54.1 Å². The fraction of sp³-hybridized carbons (Fsp3) is 0.515. The molecule has 1 atom stereocenters. The second-order valence-electron chi connectivity index (χ2n) is 10.2. The molecule has 3 rings (SSSR count). The van der Waals surface area contributed by atoms with Gasteiger partial charge >= 0.3 is 0 Å². The van der Waals surface area contributed by atoms with Gasteiger partial charge in [0.15, 0.2) is 0 Å². The number of hydrogen-bond acceptors (Lipinski definition) is 6. The summed E-state index contributed by atoms with van der Waals surface area (Å²) in [7, 11) is 0. The van der Waals surface area contributed by atoms with Crippen LogP contribution in [0.25, 0.3) is 5.76 Å². The third-order valence-electron chi connectivity index (χ3n) is 7.41. The summed E-state index contributed by atoms with van der Waals surface area (Å²) in [6.45, 7) is 12.9. The summed E-state index contributed by atoms with van der Waals surface area (Å²) in [5, 5.41) is 11.4. The highest BCUT2D eigenvalue weighted by molar-refractivity contribution is 6.46. The van der Waals surface area contributed by atoms with Gasteiger partial charge in [0.2, 0.25) is 0 Å². The van der Waals surface area contributed by atoms with Gasteiger partial charge in [0.1, 0.15) is 17.3 Å². The summed E-state index contributed by atoms with van der Waals surface area (Å²) in [6, 6.07) is 13.9. The Labute approximate surface area is 239 Å². The van der Waals surface area contributed by atoms with E-state index in [0.717, 1.165) is 69.5 Å². The van der Waals surface area contributed by atoms with Crippen molar-refractivity contribution < 1.29 is 24.2 Å². The molecule has 1 saturated heterocycles. The van der Waals surface area contributed by atoms with E-state index >= 15 is 0 Å². The minimum atomic E-state index is -0.675. The van der Waals surface area contributed by atoms with Crippen molar-refractivity contribution in [2.75, 3.05) is 39.4 Å². The number of ether oxygens (including phenoxy) is 2. The highest BCUT2D eigenvalue weighted by atomic mass is 16.5. The number of Topliss-reactive ketones (excluding diaryl/α,β-unsaturated/α-hetero) is 1. The van der Waals surface area contributed by atoms with Crippen LogP contribution in [0.5, 0.6) is 11.5 Å². The lowest BCUT2D eigenvalue weighted by Crippen LogP contribution is -2.33. The Morgan fingerprint density at radius 2 is 1.38 bits per heavy atom. The van der Waals surface area contributed by atoms with Crippen molar-refractivity contribution in [3.05, 3.63) is 65.2 Å². The first-order valence-corrected chi connectivity index (χ1v) is 14.9. The Hall–Kier alpha value is -3.32. The normalized spacial score (nSPS) is 16.6. The van der Waals surface area contributed by atoms with Gasteiger partial charge in [-0.15, -0.1) is 0 Å². The molecule has 0 spiro atoms. The molecule has 2 aromatic rings. The maximum atomic E-state index is 13.4. The summed E-state index contributed by atoms with van der Waals surface area (Å²) in [4.78, 5) is 30.6. The van der Waals surface area contributed by atoms with E-state index in [1.54, 1.807) is 29.2 Å². The van der Waals surface area contributed by atoms with Gasteiger partial charge in [0.05, 0.1) is 24.8 Å². The number of hydrogen-bond donors (Lipinski definition) is 1. The van der Waals surface area contributed by atoms with Gasteiger partial charge in [0, 0.05) is 12.1 Å². The SMILES string of the molecule is CCCCCOc1ccc(C2/C(=C(/O)c3ccc(OCCCC)cc3)C(=O)C(=O)N2CCCN(CC)CC)cc1. The number of aliphatic hydroxyl groups excluding tert-OH is 1. The number of rotatable bonds is 17. The van der Waals surface area contributed by atoms with Gasteiger partial charge < -0.3 is 24.4 Å². The number of carbonyl (C=O) groups excluding carboxylic acids is 2. The van der Waals surface area contributed by atoms with Crippen molar-refractivity contribution in [3.63, 3.8) is 0 Å². The molecule has 0 aromatic heterocycles. The fourth-order valence-electron chi connectivity index (χ4n) is 4.95. The maximum absolute atomic E-state index is 13.4. The molecular weight excluding hydrogens is 504 g/mol. The van der Waals surface area contributed by atoms with Crippen LogP contribution in [0.2, 0.25) is 0 Å². The molecule has 1 aliphatic heterocycles. The van der Waals surface area contributed by atoms with Crippen LogP contribution < -0.4 is 9.47 Å². The van der Waals surface area contributed by atoms with Gasteiger partial charge in [0.25, 0.3) is 11.7 Å². The van der Waals surface area contributed by atoms with Crippen molar-refractivity contribution in [2.45, 2.75) is 72.3 Å². The number of benzene rings is 2. The number of carbonyl (C=O) groups is 2. The first-order chi connectivity index (χ1) is 19.4. The van der Waals surface area contributed by atoms with E-state index in [9.17, 15) is 14.7 Å². The van der Waals surface area contributed by atoms with Crippen molar-refractivity contribution in [2.24, 2.45) is 0 Å². The Bertz CT molecular complexity index is 1110. The van der Waals surface area contributed by atoms with Crippen molar-refractivity contribution >= 4 is 17.4 Å². The highest BCUT2D eigenvalue weighted by Crippen LogP contribution is 2.40. The molecule has 1 aliphatic rings. The Morgan fingerprint density at radius 1 is 0.800 bits per heavy atom. The number of unbranched alkanes of at least 4 members (excludes halogenated alkanes) is 3. The van der Waals surface area contributed by atoms with E-state index in [2.05, 4.69) is 32.6 Å². The molecule has 1 fully saturated rings. The standard InChI is InChI=1S/C33H46N2O5/c1-5-9-11-24-40-27-17-13-25(14-18-27)30-29(31(36)26-15-19-28(20-16-26)39-23-10-6-2)32(37)33(38)35(30)22-12-21-34(7-3)8-4/h13-20,30,36H,5-12,21-24H2,1-4H3/b31-29-. The van der Waals surface area contributed by atoms with Crippen LogP contribution in [-0.2, 0) is 9.59 Å². The minimum absolute atomic E-state index is 0.115. The molecule has 40 heavy (non-hydrogen) atoms. The van der Waals surface area contributed by atoms with Gasteiger partial charge in [-0.3, -0.25) is 9.59 Å². The molecule has 1 unspecified atom stereocenters. The van der Waals surface area contributed by atoms with Gasteiger partial charge in [-0.05, 0) is 80.9 Å². The van der Waals surface area contributed by atoms with Crippen molar-refractivity contribution in [3.8, 4) is 11.5 Å². The summed E-state index contributed by atoms with van der Waals surface area (Å²) in [5.41, 5.74) is 1.36. The highest BCUT2D eigenvalue weighted by Gasteiger charge is 2.45. The Balaban J connectivity index is 1.91. The molecule has 0 radical (unpaired) electrons. The van der Waals surface area contributed by atoms with Crippen LogP contribution in [0.1, 0.15) is 83.4 Å². The maximum Gasteiger partial charge on any atom is 0.295 e. The molecule has 0 saturated carbocycles. The lowest BCUT2D eigenvalue weighted by atomic mass is 9.95. The average Bonchev–Trinajstić information content (AvgIpc) is 3.23. The largest absolute Gasteiger partial charge is 0.507 e. The van der Waals surface area contributed by atoms with E-state index in [1.165, 1.54) is 0 Å². The molecule has 0 bridgehead atoms. The molecule has 0 aliphatic carbocycles. The molecule has 1 N–H and O–H groups in total. The third-order valence-corrected chi connectivity index (χ3v) is 7.41. The molecule has 1 amide bonds. The summed E-state index contributed by atoms with van der Waals surface area (Å²) in [5.74, 6) is 0.0403. The van der Waals surface area contributed by atoms with E-state index in [-0.39, 0.29) is 11.3 Å². The van der Waals surface area contributed by atoms with E-state index < -0.39 is 17.7 Å². The smallest absolute Gasteiger partial charge is 0.295 e. The molecule has 7 nitrogen and oxygen atoms in total. The predicted octanol–water partition coefficient (Wildman–Crippen LogP) is 6.59. The van der Waals surface area contributed by atoms with Crippen molar-refractivity contribution in [1.29, 1.82) is 0 Å². The first-order valence-electron chi connectivity index (χ1n) is 14.9. The molecular formula is C33H46N2O5. The van der Waals surface area contributed by atoms with E-state index in [0.29, 0.717) is 31.1 Å². The van der Waals surface area contributed by atoms with Crippen molar-refractivity contribution in [1.82, 2.24) is 9.80 Å². The van der Waals surface area contributed by atoms with Crippen LogP contribution in [0, 0.1) is 0 Å². The lowest BCUT2D eigenvalue weighted by Gasteiger charge is -2.27. The molecule has 7 heteroatoms. The van der Waals surface area contributed by atoms with Gasteiger partial charge in [-0.1, -0.05) is 59.1 Å². The number of ketones is 1. The number of amides is 1. The Morgan fingerprint density at radius 3 is 1.95 bits per heavy atom. The third kappa shape index (κ3) is 8.10. The topological polar surface area (TPSA) is 79.3 Å². The predicted molar refractivity (Wildman–Crippen MR) is 160 cm³/mol. The molecule has 218 valence electrons. The zero-order valence-electron chi connectivity index (χ0n) is 24.7. The van der Waals surface area contributed by atoms with Crippen LogP contribution >= 0.6 is 0 Å². The molecule has 2 aromatic carbocycles. The summed E-state index contributed by atoms with van der Waals surface area (Å²) in [6.07, 6.45) is 5.97. The van der Waals surface area contributed by atoms with Crippen LogP contribution in [0.3, 0.4) is 0 Å². The zero-order chi connectivity index (χ0) is 28.9. The number of nitrogens with zero attached hydrogens (tertiary/aromatic N) is 2. The molecule has 1 heterocycles. The van der Waals surface area contributed by atoms with Crippen LogP contribution in [-0.4, -0.2) is 66.0 Å².